The second-order valence-corrected chi connectivity index (χ2v) is 8.28. The van der Waals surface area contributed by atoms with E-state index in [0.29, 0.717) is 32.1 Å². The van der Waals surface area contributed by atoms with Crippen molar-refractivity contribution in [2.45, 2.75) is 38.5 Å². The lowest BCUT2D eigenvalue weighted by Crippen LogP contribution is -2.31. The quantitative estimate of drug-likeness (QED) is 0.389. The molecule has 3 heterocycles. The molecule has 0 saturated carbocycles. The van der Waals surface area contributed by atoms with Crippen LogP contribution < -0.4 is 4.90 Å². The number of carbonyl (C=O) groups is 1. The van der Waals surface area contributed by atoms with Crippen LogP contribution in [0.25, 0.3) is 11.0 Å². The van der Waals surface area contributed by atoms with Crippen molar-refractivity contribution in [1.29, 1.82) is 0 Å². The van der Waals surface area contributed by atoms with Gasteiger partial charge in [-0.25, -0.2) is 4.98 Å². The topological polar surface area (TPSA) is 78.2 Å². The summed E-state index contributed by atoms with van der Waals surface area (Å²) < 4.78 is 12.8. The zero-order valence-electron chi connectivity index (χ0n) is 18.8. The van der Waals surface area contributed by atoms with Gasteiger partial charge in [0.2, 0.25) is 0 Å². The minimum absolute atomic E-state index is 0.0229. The Balaban J connectivity index is 1.44. The van der Waals surface area contributed by atoms with Gasteiger partial charge in [-0.05, 0) is 24.6 Å². The molecule has 0 unspecified atom stereocenters. The minimum atomic E-state index is -0.168. The summed E-state index contributed by atoms with van der Waals surface area (Å²) in [5.41, 5.74) is 3.94. The molecule has 2 aliphatic rings. The van der Waals surface area contributed by atoms with Gasteiger partial charge in [0.15, 0.2) is 5.71 Å². The Morgan fingerprint density at radius 2 is 1.91 bits per heavy atom. The molecule has 1 amide bonds. The van der Waals surface area contributed by atoms with E-state index in [1.807, 2.05) is 42.5 Å². The molecule has 0 spiro atoms. The Labute approximate surface area is 192 Å². The molecule has 0 aliphatic carbocycles. The monoisotopic (exact) mass is 448 g/mol. The van der Waals surface area contributed by atoms with Gasteiger partial charge in [0.05, 0.1) is 36.5 Å². The average molecular weight is 449 g/mol. The van der Waals surface area contributed by atoms with Crippen LogP contribution in [-0.4, -0.2) is 54.2 Å². The number of hydrogen-bond acceptors (Lipinski definition) is 6. The molecular weight excluding hydrogens is 420 g/mol. The van der Waals surface area contributed by atoms with Gasteiger partial charge in [-0.3, -0.25) is 9.69 Å². The predicted octanol–water partition coefficient (Wildman–Crippen LogP) is 3.52. The molecule has 2 aliphatic heterocycles. The van der Waals surface area contributed by atoms with Gasteiger partial charge < -0.3 is 18.9 Å². The van der Waals surface area contributed by atoms with E-state index < -0.39 is 0 Å². The maximum Gasteiger partial charge on any atom is 0.281 e. The highest BCUT2D eigenvalue weighted by molar-refractivity contribution is 6.54. The molecule has 0 bridgehead atoms. The van der Waals surface area contributed by atoms with Crippen LogP contribution in [0.1, 0.15) is 30.7 Å². The fourth-order valence-corrected chi connectivity index (χ4v) is 4.42. The number of anilines is 1. The molecule has 3 aromatic rings. The summed E-state index contributed by atoms with van der Waals surface area (Å²) in [7, 11) is 1.70. The first-order chi connectivity index (χ1) is 16.3. The van der Waals surface area contributed by atoms with Crippen LogP contribution in [0.3, 0.4) is 0 Å². The molecule has 8 nitrogen and oxygen atoms in total. The molecule has 172 valence electrons. The van der Waals surface area contributed by atoms with Gasteiger partial charge in [-0.1, -0.05) is 35.5 Å². The number of fused-ring (bicyclic) bond motifs is 2. The van der Waals surface area contributed by atoms with Gasteiger partial charge in [-0.15, -0.1) is 0 Å². The van der Waals surface area contributed by atoms with Crippen molar-refractivity contribution >= 4 is 28.3 Å². The smallest absolute Gasteiger partial charge is 0.281 e. The Bertz CT molecular complexity index is 1170. The van der Waals surface area contributed by atoms with E-state index in [2.05, 4.69) is 15.8 Å². The first-order valence-electron chi connectivity index (χ1n) is 11.4. The van der Waals surface area contributed by atoms with E-state index in [0.717, 1.165) is 53.9 Å². The van der Waals surface area contributed by atoms with E-state index in [9.17, 15) is 4.79 Å². The van der Waals surface area contributed by atoms with Crippen LogP contribution >= 0.6 is 0 Å². The van der Waals surface area contributed by atoms with Crippen molar-refractivity contribution in [3.8, 4) is 0 Å². The largest absolute Gasteiger partial charge is 0.392 e. The summed E-state index contributed by atoms with van der Waals surface area (Å²) in [6.07, 6.45) is 2.40. The third kappa shape index (κ3) is 4.36. The Hall–Kier alpha value is -3.23. The molecule has 1 fully saturated rings. The molecule has 8 heteroatoms. The predicted molar refractivity (Wildman–Crippen MR) is 125 cm³/mol. The van der Waals surface area contributed by atoms with Crippen molar-refractivity contribution in [1.82, 2.24) is 9.55 Å². The number of rotatable bonds is 8. The van der Waals surface area contributed by atoms with Crippen molar-refractivity contribution in [3.63, 3.8) is 0 Å². The van der Waals surface area contributed by atoms with Gasteiger partial charge in [0.1, 0.15) is 11.9 Å². The Kier molecular flexibility index (Phi) is 6.37. The molecule has 2 aromatic carbocycles. The maximum absolute atomic E-state index is 13.5. The Morgan fingerprint density at radius 3 is 2.76 bits per heavy atom. The molecule has 0 N–H and O–H groups in total. The van der Waals surface area contributed by atoms with Crippen LogP contribution in [0.15, 0.2) is 53.7 Å². The number of oxime groups is 1. The number of ether oxygens (including phenoxy) is 2. The third-order valence-electron chi connectivity index (χ3n) is 6.12. The second-order valence-electron chi connectivity index (χ2n) is 8.28. The lowest BCUT2D eigenvalue weighted by molar-refractivity contribution is -0.112. The lowest BCUT2D eigenvalue weighted by Gasteiger charge is -2.20. The third-order valence-corrected chi connectivity index (χ3v) is 6.12. The number of para-hydroxylation sites is 3. The number of benzene rings is 2. The van der Waals surface area contributed by atoms with Crippen molar-refractivity contribution < 1.29 is 19.1 Å². The van der Waals surface area contributed by atoms with Gasteiger partial charge in [-0.2, -0.15) is 0 Å². The summed E-state index contributed by atoms with van der Waals surface area (Å²) in [6, 6.07) is 15.8. The highest BCUT2D eigenvalue weighted by Crippen LogP contribution is 2.31. The number of aryl methyl sites for hydroxylation is 1. The van der Waals surface area contributed by atoms with Crippen LogP contribution in [0.5, 0.6) is 0 Å². The maximum atomic E-state index is 13.5. The van der Waals surface area contributed by atoms with Crippen LogP contribution in [0.2, 0.25) is 0 Å². The second kappa shape index (κ2) is 9.72. The SMILES string of the molecule is COCCCn1c(CN2C(=O)/C(=N/OC3CCOCC3)c3ccccc32)nc2ccccc21. The molecule has 5 rings (SSSR count). The van der Waals surface area contributed by atoms with Crippen molar-refractivity contribution in [3.05, 3.63) is 59.9 Å². The number of carbonyl (C=O) groups excluding carboxylic acids is 1. The number of hydrogen-bond donors (Lipinski definition) is 0. The molecule has 1 aromatic heterocycles. The van der Waals surface area contributed by atoms with E-state index in [4.69, 9.17) is 19.3 Å². The molecule has 0 radical (unpaired) electrons. The highest BCUT2D eigenvalue weighted by Gasteiger charge is 2.35. The van der Waals surface area contributed by atoms with Crippen molar-refractivity contribution in [2.24, 2.45) is 5.16 Å². The zero-order chi connectivity index (χ0) is 22.6. The number of aromatic nitrogens is 2. The first kappa shape index (κ1) is 21.6. The van der Waals surface area contributed by atoms with E-state index in [-0.39, 0.29) is 12.0 Å². The van der Waals surface area contributed by atoms with E-state index >= 15 is 0 Å². The first-order valence-corrected chi connectivity index (χ1v) is 11.4. The Morgan fingerprint density at radius 1 is 1.12 bits per heavy atom. The van der Waals surface area contributed by atoms with Crippen molar-refractivity contribution in [2.75, 3.05) is 31.8 Å². The summed E-state index contributed by atoms with van der Waals surface area (Å²) >= 11 is 0. The van der Waals surface area contributed by atoms with Crippen LogP contribution in [0, 0.1) is 0 Å². The van der Waals surface area contributed by atoms with Crippen LogP contribution in [0.4, 0.5) is 5.69 Å². The number of imidazole rings is 1. The van der Waals surface area contributed by atoms with Gasteiger partial charge in [0.25, 0.3) is 5.91 Å². The number of nitrogens with zero attached hydrogens (tertiary/aromatic N) is 4. The number of amides is 1. The zero-order valence-corrected chi connectivity index (χ0v) is 18.8. The summed E-state index contributed by atoms with van der Waals surface area (Å²) in [5, 5.41) is 4.31. The average Bonchev–Trinajstić information content (AvgIpc) is 3.33. The molecular formula is C25H28N4O4. The van der Waals surface area contributed by atoms with Gasteiger partial charge >= 0.3 is 0 Å². The van der Waals surface area contributed by atoms with Crippen LogP contribution in [-0.2, 0) is 32.2 Å². The van der Waals surface area contributed by atoms with E-state index in [1.54, 1.807) is 12.0 Å². The standard InChI is InChI=1S/C25H28N4O4/c1-31-14-6-13-28-22-10-5-3-8-20(22)26-23(28)17-29-21-9-4-2-7-19(21)24(25(29)30)27-33-18-11-15-32-16-12-18/h2-5,7-10,18H,6,11-17H2,1H3/b27-24+. The van der Waals surface area contributed by atoms with E-state index in [1.165, 1.54) is 0 Å². The molecule has 0 atom stereocenters. The fraction of sp³-hybridized carbons (Fsp3) is 0.400. The normalized spacial score (nSPS) is 17.8. The fourth-order valence-electron chi connectivity index (χ4n) is 4.42. The summed E-state index contributed by atoms with van der Waals surface area (Å²) in [6.45, 7) is 3.10. The summed E-state index contributed by atoms with van der Waals surface area (Å²) in [5.74, 6) is 0.667. The summed E-state index contributed by atoms with van der Waals surface area (Å²) in [4.78, 5) is 25.8. The lowest BCUT2D eigenvalue weighted by atomic mass is 10.1. The highest BCUT2D eigenvalue weighted by atomic mass is 16.6. The molecule has 1 saturated heterocycles. The number of methoxy groups -OCH3 is 1. The van der Waals surface area contributed by atoms with Gasteiger partial charge in [0, 0.05) is 38.7 Å². The minimum Gasteiger partial charge on any atom is -0.392 e. The molecule has 33 heavy (non-hydrogen) atoms.